The number of aromatic nitrogens is 9. The van der Waals surface area contributed by atoms with Gasteiger partial charge in [-0.25, -0.2) is 44.9 Å². The fourth-order valence-corrected chi connectivity index (χ4v) is 19.3. The molecule has 12 nitrogen and oxygen atoms in total. The summed E-state index contributed by atoms with van der Waals surface area (Å²) >= 11 is 0. The van der Waals surface area contributed by atoms with Crippen LogP contribution in [0.25, 0.3) is 267 Å². The molecule has 0 bridgehead atoms. The van der Waals surface area contributed by atoms with Crippen molar-refractivity contribution in [2.75, 3.05) is 0 Å². The predicted octanol–water partition coefficient (Wildman–Crippen LogP) is 33.8. The Morgan fingerprint density at radius 1 is 0.0993 bits per heavy atom. The van der Waals surface area contributed by atoms with Gasteiger partial charge in [-0.2, -0.15) is 0 Å². The molecule has 21 aromatic carbocycles. The molecule has 6 aromatic heterocycles. The van der Waals surface area contributed by atoms with Crippen molar-refractivity contribution in [3.63, 3.8) is 0 Å². The van der Waals surface area contributed by atoms with Gasteiger partial charge >= 0.3 is 0 Å². The first kappa shape index (κ1) is 83.6. The molecule has 0 radical (unpaired) electrons. The number of fused-ring (bicyclic) bond motifs is 12. The number of nitrogens with zero attached hydrogens (tertiary/aromatic N) is 9. The lowest BCUT2D eigenvalue weighted by Gasteiger charge is -2.13. The van der Waals surface area contributed by atoms with Gasteiger partial charge in [-0.05, 0) is 184 Å². The lowest BCUT2D eigenvalue weighted by molar-refractivity contribution is 0.668. The van der Waals surface area contributed by atoms with Gasteiger partial charge in [0.25, 0.3) is 0 Å². The Bertz CT molecular complexity index is 9420. The molecule has 141 heavy (non-hydrogen) atoms. The standard InChI is InChI=1S/3C43H27N3O/c1-3-12-28(13-4-1)30-16-11-17-32(26-30)42-44-41(29-14-5-2-6-15-29)45-43(46-42)37-24-23-33(34-18-7-8-19-35(34)37)31-22-25-40-38(27-31)36-20-9-10-21-39(36)47-40;1-3-12-28(13-4-1)30-16-11-17-32(26-30)42-44-41(29-14-5-2-6-15-29)45-43(46-42)38-25-24-33(34-18-7-8-19-35(34)38)31-22-23-37-36-20-9-10-21-39(36)47-40(37)27-31;1-3-11-28(12-4-1)29-19-21-31(22-20-29)42-44-41(30-13-5-2-6-14-30)45-43(46-42)37-25-24-33(34-15-7-8-16-35(34)37)32-23-26-40-38(27-32)36-17-9-10-18-39(36)47-40/h3*1-27H. The van der Waals surface area contributed by atoms with Crippen LogP contribution in [0.5, 0.6) is 0 Å². The topological polar surface area (TPSA) is 155 Å². The molecule has 0 saturated heterocycles. The molecule has 0 fully saturated rings. The number of rotatable bonds is 15. The molecule has 0 aliphatic heterocycles. The highest BCUT2D eigenvalue weighted by Gasteiger charge is 2.24. The van der Waals surface area contributed by atoms with Crippen molar-refractivity contribution < 1.29 is 13.3 Å². The molecule has 12 heteroatoms. The van der Waals surface area contributed by atoms with Gasteiger partial charge in [0.05, 0.1) is 0 Å². The second kappa shape index (κ2) is 36.6. The van der Waals surface area contributed by atoms with Gasteiger partial charge in [-0.3, -0.25) is 0 Å². The first-order valence-corrected chi connectivity index (χ1v) is 47.1. The van der Waals surface area contributed by atoms with Gasteiger partial charge < -0.3 is 13.3 Å². The van der Waals surface area contributed by atoms with E-state index in [1.807, 2.05) is 152 Å². The molecule has 6 heterocycles. The summed E-state index contributed by atoms with van der Waals surface area (Å²) in [6.45, 7) is 0. The van der Waals surface area contributed by atoms with Gasteiger partial charge in [0.1, 0.15) is 33.5 Å². The maximum Gasteiger partial charge on any atom is 0.164 e. The van der Waals surface area contributed by atoms with Crippen LogP contribution in [-0.2, 0) is 0 Å². The van der Waals surface area contributed by atoms with E-state index >= 15 is 0 Å². The number of para-hydroxylation sites is 3. The lowest BCUT2D eigenvalue weighted by Crippen LogP contribution is -2.01. The van der Waals surface area contributed by atoms with Crippen LogP contribution >= 0.6 is 0 Å². The zero-order valence-corrected chi connectivity index (χ0v) is 76.0. The number of hydrogen-bond acceptors (Lipinski definition) is 12. The number of benzene rings is 21. The van der Waals surface area contributed by atoms with Crippen molar-refractivity contribution in [2.45, 2.75) is 0 Å². The zero-order valence-electron chi connectivity index (χ0n) is 76.0. The minimum atomic E-state index is 0.634. The number of hydrogen-bond donors (Lipinski definition) is 0. The third kappa shape index (κ3) is 16.4. The predicted molar refractivity (Wildman–Crippen MR) is 575 cm³/mol. The summed E-state index contributed by atoms with van der Waals surface area (Å²) in [5.74, 6) is 5.74. The van der Waals surface area contributed by atoms with E-state index in [1.54, 1.807) is 0 Å². The molecule has 0 N–H and O–H groups in total. The van der Waals surface area contributed by atoms with E-state index in [0.29, 0.717) is 52.4 Å². The Morgan fingerprint density at radius 2 is 0.305 bits per heavy atom. The summed E-state index contributed by atoms with van der Waals surface area (Å²) in [5, 5.41) is 13.3. The van der Waals surface area contributed by atoms with Crippen molar-refractivity contribution in [3.8, 4) is 169 Å². The van der Waals surface area contributed by atoms with Crippen molar-refractivity contribution >= 4 is 98.1 Å². The van der Waals surface area contributed by atoms with E-state index in [2.05, 4.69) is 340 Å². The SMILES string of the molecule is c1ccc(-c2ccc(-c3nc(-c4ccccc4)nc(-c4ccc(-c5ccc6oc7ccccc7c6c5)c5ccccc45)n3)cc2)cc1.c1ccc(-c2cccc(-c3nc(-c4ccccc4)nc(-c4ccc(-c5ccc6c(c5)oc5ccccc56)c5ccccc45)n3)c2)cc1.c1ccc(-c2cccc(-c3nc(-c4ccccc4)nc(-c4ccc(-c5ccc6oc7ccccc7c6c5)c5ccccc45)n3)c2)cc1. The largest absolute Gasteiger partial charge is 0.456 e. The Morgan fingerprint density at radius 3 is 0.660 bits per heavy atom. The van der Waals surface area contributed by atoms with E-state index in [1.165, 1.54) is 5.56 Å². The quantitative estimate of drug-likeness (QED) is 0.0959. The van der Waals surface area contributed by atoms with E-state index < -0.39 is 0 Å². The first-order chi connectivity index (χ1) is 69.8. The van der Waals surface area contributed by atoms with Crippen LogP contribution in [0.4, 0.5) is 0 Å². The summed E-state index contributed by atoms with van der Waals surface area (Å²) in [6.07, 6.45) is 0. The molecule has 0 spiro atoms. The fraction of sp³-hybridized carbons (Fsp3) is 0. The second-order valence-electron chi connectivity index (χ2n) is 34.9. The summed E-state index contributed by atoms with van der Waals surface area (Å²) in [6, 6.07) is 169. The Kier molecular flexibility index (Phi) is 21.7. The van der Waals surface area contributed by atoms with Crippen LogP contribution in [0.3, 0.4) is 0 Å². The van der Waals surface area contributed by atoms with Crippen LogP contribution in [0.2, 0.25) is 0 Å². The van der Waals surface area contributed by atoms with Gasteiger partial charge in [-0.15, -0.1) is 0 Å². The van der Waals surface area contributed by atoms with Gasteiger partial charge in [0.15, 0.2) is 52.4 Å². The minimum Gasteiger partial charge on any atom is -0.456 e. The van der Waals surface area contributed by atoms with Crippen LogP contribution < -0.4 is 0 Å². The Labute approximate surface area is 811 Å². The van der Waals surface area contributed by atoms with Crippen LogP contribution in [-0.4, -0.2) is 44.9 Å². The van der Waals surface area contributed by atoms with Crippen molar-refractivity contribution in [1.82, 2.24) is 44.9 Å². The van der Waals surface area contributed by atoms with Gasteiger partial charge in [-0.1, -0.05) is 406 Å². The van der Waals surface area contributed by atoms with Crippen molar-refractivity contribution in [2.24, 2.45) is 0 Å². The average Bonchev–Trinajstić information content (AvgIpc) is 1.75. The molecule has 0 saturated carbocycles. The lowest BCUT2D eigenvalue weighted by atomic mass is 9.94. The summed E-state index contributed by atoms with van der Waals surface area (Å²) in [4.78, 5) is 45.5. The normalized spacial score (nSPS) is 11.4. The molecule has 27 aromatic rings. The highest BCUT2D eigenvalue weighted by molar-refractivity contribution is 6.13. The average molecular weight is 1810 g/mol. The molecule has 0 atom stereocenters. The van der Waals surface area contributed by atoms with E-state index in [9.17, 15) is 0 Å². The summed E-state index contributed by atoms with van der Waals surface area (Å²) in [5.41, 5.74) is 27.5. The fourth-order valence-electron chi connectivity index (χ4n) is 19.3. The molecular weight excluding hydrogens is 1720 g/mol. The summed E-state index contributed by atoms with van der Waals surface area (Å²) < 4.78 is 18.5. The van der Waals surface area contributed by atoms with Crippen molar-refractivity contribution in [1.29, 1.82) is 0 Å². The maximum atomic E-state index is 6.24. The smallest absolute Gasteiger partial charge is 0.164 e. The van der Waals surface area contributed by atoms with Crippen LogP contribution in [0, 0.1) is 0 Å². The van der Waals surface area contributed by atoms with E-state index in [4.69, 9.17) is 58.1 Å². The van der Waals surface area contributed by atoms with Crippen LogP contribution in [0.15, 0.2) is 505 Å². The number of furan rings is 3. The zero-order chi connectivity index (χ0) is 93.5. The molecule has 660 valence electrons. The Balaban J connectivity index is 0.000000111. The maximum absolute atomic E-state index is 6.24. The minimum absolute atomic E-state index is 0.634. The highest BCUT2D eigenvalue weighted by Crippen LogP contribution is 2.45. The first-order valence-electron chi connectivity index (χ1n) is 47.1. The third-order valence-corrected chi connectivity index (χ3v) is 26.3. The third-order valence-electron chi connectivity index (χ3n) is 26.3. The van der Waals surface area contributed by atoms with Gasteiger partial charge in [0, 0.05) is 82.4 Å². The molecule has 0 amide bonds. The van der Waals surface area contributed by atoms with Crippen LogP contribution in [0.1, 0.15) is 0 Å². The van der Waals surface area contributed by atoms with E-state index in [0.717, 1.165) is 209 Å². The molecular formula is C129H81N9O3. The molecule has 0 unspecified atom stereocenters. The monoisotopic (exact) mass is 1800 g/mol. The highest BCUT2D eigenvalue weighted by atomic mass is 16.3. The molecule has 0 aliphatic carbocycles. The van der Waals surface area contributed by atoms with E-state index in [-0.39, 0.29) is 0 Å². The second-order valence-corrected chi connectivity index (χ2v) is 34.9. The summed E-state index contributed by atoms with van der Waals surface area (Å²) in [7, 11) is 0. The van der Waals surface area contributed by atoms with Crippen molar-refractivity contribution in [3.05, 3.63) is 491 Å². The molecule has 27 rings (SSSR count). The molecule has 0 aliphatic rings. The Hall–Kier alpha value is -19.2. The van der Waals surface area contributed by atoms with Gasteiger partial charge in [0.2, 0.25) is 0 Å².